The van der Waals surface area contributed by atoms with Crippen LogP contribution in [0, 0.1) is 0 Å². The molecule has 0 radical (unpaired) electrons. The first-order valence-corrected chi connectivity index (χ1v) is 19.6. The Morgan fingerprint density at radius 1 is 0.564 bits per heavy atom. The van der Waals surface area contributed by atoms with Crippen molar-refractivity contribution < 1.29 is 4.74 Å². The second-order valence-corrected chi connectivity index (χ2v) is 15.5. The topological polar surface area (TPSA) is 17.4 Å². The molecule has 0 fully saturated rings. The predicted octanol–water partition coefficient (Wildman–Crippen LogP) is 10.4. The van der Waals surface area contributed by atoms with Crippen molar-refractivity contribution in [1.82, 2.24) is 4.57 Å². The molecule has 0 amide bonds. The number of anilines is 1. The molecule has 0 saturated heterocycles. The van der Waals surface area contributed by atoms with Gasteiger partial charge in [-0.15, -0.1) is 0 Å². The first kappa shape index (κ1) is 30.8. The van der Waals surface area contributed by atoms with Crippen LogP contribution < -0.4 is 20.1 Å². The van der Waals surface area contributed by atoms with Crippen LogP contribution in [0.25, 0.3) is 56.3 Å². The molecule has 3 heterocycles. The second-order valence-electron chi connectivity index (χ2n) is 15.5. The SMILES string of the molecule is C1=CC2c3ccccc3OC2C(c2ccc3c(c2)=CCC(N2c4ccc(-c5ccc6c(c5)c5ccccc5n6-c5ccccc5)cc4C4C=CC=CC42)C=3)=C1. The quantitative estimate of drug-likeness (QED) is 0.181. The molecule has 5 unspecified atom stereocenters. The number of rotatable bonds is 4. The van der Waals surface area contributed by atoms with Crippen LogP contribution >= 0.6 is 0 Å². The molecule has 0 saturated carbocycles. The lowest BCUT2D eigenvalue weighted by Gasteiger charge is -2.35. The summed E-state index contributed by atoms with van der Waals surface area (Å²) in [7, 11) is 0. The Bertz CT molecular complexity index is 2980. The maximum atomic E-state index is 6.52. The van der Waals surface area contributed by atoms with E-state index in [1.54, 1.807) is 0 Å². The summed E-state index contributed by atoms with van der Waals surface area (Å²) in [6.07, 6.45) is 21.9. The van der Waals surface area contributed by atoms with Gasteiger partial charge in [-0.1, -0.05) is 134 Å². The first-order chi connectivity index (χ1) is 27.3. The Hall–Kier alpha value is -6.58. The highest BCUT2D eigenvalue weighted by Gasteiger charge is 2.40. The van der Waals surface area contributed by atoms with Crippen LogP contribution in [-0.2, 0) is 0 Å². The molecule has 262 valence electrons. The molecule has 1 aromatic heterocycles. The smallest absolute Gasteiger partial charge is 0.135 e. The van der Waals surface area contributed by atoms with Crippen LogP contribution in [-0.4, -0.2) is 22.8 Å². The lowest BCUT2D eigenvalue weighted by atomic mass is 9.84. The number of nitrogens with zero attached hydrogens (tertiary/aromatic N) is 2. The van der Waals surface area contributed by atoms with E-state index in [4.69, 9.17) is 4.74 Å². The van der Waals surface area contributed by atoms with E-state index in [0.717, 1.165) is 12.2 Å². The third kappa shape index (κ3) is 4.69. The fourth-order valence-electron chi connectivity index (χ4n) is 10.1. The minimum atomic E-state index is 0.0198. The summed E-state index contributed by atoms with van der Waals surface area (Å²) < 4.78 is 8.91. The fourth-order valence-corrected chi connectivity index (χ4v) is 10.1. The zero-order valence-corrected chi connectivity index (χ0v) is 30.3. The van der Waals surface area contributed by atoms with Crippen LogP contribution in [0.2, 0.25) is 0 Å². The minimum Gasteiger partial charge on any atom is -0.484 e. The molecular weight excluding hydrogens is 669 g/mol. The summed E-state index contributed by atoms with van der Waals surface area (Å²) in [5, 5.41) is 5.18. The number of allylic oxidation sites excluding steroid dienone is 4. The van der Waals surface area contributed by atoms with Gasteiger partial charge in [-0.25, -0.2) is 0 Å². The molecule has 3 heteroatoms. The number of hydrogen-bond donors (Lipinski definition) is 0. The first-order valence-electron chi connectivity index (χ1n) is 19.6. The van der Waals surface area contributed by atoms with Gasteiger partial charge in [0.1, 0.15) is 11.9 Å². The van der Waals surface area contributed by atoms with Crippen LogP contribution in [0.1, 0.15) is 34.9 Å². The van der Waals surface area contributed by atoms with Crippen LogP contribution in [0.5, 0.6) is 5.75 Å². The van der Waals surface area contributed by atoms with Crippen molar-refractivity contribution in [3.05, 3.63) is 203 Å². The van der Waals surface area contributed by atoms with Crippen molar-refractivity contribution in [1.29, 1.82) is 0 Å². The van der Waals surface area contributed by atoms with Gasteiger partial charge in [0.2, 0.25) is 0 Å². The Kier molecular flexibility index (Phi) is 6.71. The normalized spacial score (nSPS) is 22.6. The Balaban J connectivity index is 0.890. The summed E-state index contributed by atoms with van der Waals surface area (Å²) in [4.78, 5) is 2.68. The summed E-state index contributed by atoms with van der Waals surface area (Å²) in [6.45, 7) is 0. The molecule has 3 nitrogen and oxygen atoms in total. The van der Waals surface area contributed by atoms with Crippen molar-refractivity contribution in [2.45, 2.75) is 36.4 Å². The van der Waals surface area contributed by atoms with Gasteiger partial charge in [0.05, 0.1) is 23.1 Å². The van der Waals surface area contributed by atoms with Crippen LogP contribution in [0.3, 0.4) is 0 Å². The number of hydrogen-bond acceptors (Lipinski definition) is 2. The van der Waals surface area contributed by atoms with E-state index < -0.39 is 0 Å². The van der Waals surface area contributed by atoms with Gasteiger partial charge in [-0.3, -0.25) is 0 Å². The van der Waals surface area contributed by atoms with Gasteiger partial charge in [0.15, 0.2) is 0 Å². The van der Waals surface area contributed by atoms with Crippen molar-refractivity contribution in [3.8, 4) is 22.6 Å². The average molecular weight is 707 g/mol. The lowest BCUT2D eigenvalue weighted by molar-refractivity contribution is 0.278. The molecule has 3 aliphatic carbocycles. The Labute approximate surface area is 320 Å². The maximum absolute atomic E-state index is 6.52. The highest BCUT2D eigenvalue weighted by atomic mass is 16.5. The van der Waals surface area contributed by atoms with Gasteiger partial charge in [0.25, 0.3) is 0 Å². The fraction of sp³-hybridized carbons (Fsp3) is 0.115. The highest BCUT2D eigenvalue weighted by Crippen LogP contribution is 2.48. The number of fused-ring (bicyclic) bond motifs is 10. The van der Waals surface area contributed by atoms with Gasteiger partial charge >= 0.3 is 0 Å². The van der Waals surface area contributed by atoms with Crippen molar-refractivity contribution in [2.75, 3.05) is 4.90 Å². The van der Waals surface area contributed by atoms with Crippen molar-refractivity contribution in [3.63, 3.8) is 0 Å². The molecular formula is C52H38N2O. The molecule has 6 aromatic carbocycles. The summed E-state index contributed by atoms with van der Waals surface area (Å²) >= 11 is 0. The average Bonchev–Trinajstić information content (AvgIpc) is 3.91. The van der Waals surface area contributed by atoms with E-state index in [1.165, 1.54) is 77.0 Å². The van der Waals surface area contributed by atoms with Gasteiger partial charge in [-0.05, 0) is 93.7 Å². The molecule has 5 aliphatic rings. The van der Waals surface area contributed by atoms with Gasteiger partial charge < -0.3 is 14.2 Å². The van der Waals surface area contributed by atoms with Crippen LogP contribution in [0.15, 0.2) is 176 Å². The summed E-state index contributed by atoms with van der Waals surface area (Å²) in [6, 6.07) is 49.7. The molecule has 12 rings (SSSR count). The number of para-hydroxylation sites is 3. The third-order valence-corrected chi connectivity index (χ3v) is 12.6. The Morgan fingerprint density at radius 3 is 2.31 bits per heavy atom. The van der Waals surface area contributed by atoms with Gasteiger partial charge in [-0.2, -0.15) is 0 Å². The number of ether oxygens (including phenoxy) is 1. The molecule has 2 aliphatic heterocycles. The Morgan fingerprint density at radius 2 is 1.35 bits per heavy atom. The zero-order valence-electron chi connectivity index (χ0n) is 30.3. The third-order valence-electron chi connectivity index (χ3n) is 12.6. The minimum absolute atomic E-state index is 0.0198. The van der Waals surface area contributed by atoms with E-state index >= 15 is 0 Å². The molecule has 5 atom stereocenters. The van der Waals surface area contributed by atoms with E-state index in [-0.39, 0.29) is 24.1 Å². The predicted molar refractivity (Wildman–Crippen MR) is 227 cm³/mol. The number of benzene rings is 6. The molecule has 0 bridgehead atoms. The second kappa shape index (κ2) is 12.0. The van der Waals surface area contributed by atoms with Crippen molar-refractivity contribution >= 4 is 45.2 Å². The van der Waals surface area contributed by atoms with E-state index in [9.17, 15) is 0 Å². The summed E-state index contributed by atoms with van der Waals surface area (Å²) in [5.74, 6) is 1.58. The highest BCUT2D eigenvalue weighted by molar-refractivity contribution is 6.10. The monoisotopic (exact) mass is 706 g/mol. The van der Waals surface area contributed by atoms with Crippen molar-refractivity contribution in [2.24, 2.45) is 0 Å². The molecule has 0 spiro atoms. The number of aromatic nitrogens is 1. The largest absolute Gasteiger partial charge is 0.484 e. The van der Waals surface area contributed by atoms with Gasteiger partial charge in [0, 0.05) is 45.1 Å². The maximum Gasteiger partial charge on any atom is 0.135 e. The van der Waals surface area contributed by atoms with Crippen LogP contribution in [0.4, 0.5) is 5.69 Å². The van der Waals surface area contributed by atoms with E-state index in [2.05, 4.69) is 198 Å². The molecule has 0 N–H and O–H groups in total. The zero-order chi connectivity index (χ0) is 36.0. The summed E-state index contributed by atoms with van der Waals surface area (Å²) in [5.41, 5.74) is 12.7. The standard InChI is InChI=1S/C52H38N2O/c1-2-11-38(12-3-1)53-47-18-7-4-13-41(47)45-31-35(24-27-49(45)53)36-25-28-50-46(32-36)42-14-5-8-19-48(42)54(50)39-26-23-33-29-37(22-21-34(33)30-39)40-16-10-17-44-43-15-6-9-20-51(43)55-52(40)44/h1-25,27-32,39,42,44,48,52H,26H2. The molecule has 7 aromatic rings. The lowest BCUT2D eigenvalue weighted by Crippen LogP contribution is -2.44. The van der Waals surface area contributed by atoms with E-state index in [1.807, 2.05) is 0 Å². The van der Waals surface area contributed by atoms with E-state index in [0.29, 0.717) is 5.92 Å². The molecule has 55 heavy (non-hydrogen) atoms.